The van der Waals surface area contributed by atoms with E-state index >= 15 is 0 Å². The monoisotopic (exact) mass is 250 g/mol. The number of halogens is 1. The minimum absolute atomic E-state index is 0.537. The van der Waals surface area contributed by atoms with Crippen LogP contribution in [0, 0.1) is 0 Å². The predicted molar refractivity (Wildman–Crippen MR) is 69.2 cm³/mol. The van der Waals surface area contributed by atoms with Gasteiger partial charge in [-0.2, -0.15) is 0 Å². The average molecular weight is 251 g/mol. The summed E-state index contributed by atoms with van der Waals surface area (Å²) in [6.45, 7) is 2.04. The highest BCUT2D eigenvalue weighted by molar-refractivity contribution is 6.17. The molecule has 1 aromatic carbocycles. The molecule has 4 heteroatoms. The number of rotatable bonds is 6. The molecule has 0 unspecified atom stereocenters. The second-order valence-corrected chi connectivity index (χ2v) is 3.99. The number of benzene rings is 1. The lowest BCUT2D eigenvalue weighted by Gasteiger charge is -2.07. The molecule has 0 atom stereocenters. The standard InChI is InChI=1S/C13H15ClN2O/c14-6-10-17-11-9-16-8-7-15-13(16)12-4-2-1-3-5-12/h1-5,7-8H,6,9-11H2. The third kappa shape index (κ3) is 3.32. The number of hydrogen-bond acceptors (Lipinski definition) is 2. The summed E-state index contributed by atoms with van der Waals surface area (Å²) in [7, 11) is 0. The van der Waals surface area contributed by atoms with E-state index in [2.05, 4.69) is 21.7 Å². The molecule has 0 aliphatic heterocycles. The fourth-order valence-corrected chi connectivity index (χ4v) is 1.77. The fraction of sp³-hybridized carbons (Fsp3) is 0.308. The Morgan fingerprint density at radius 3 is 2.76 bits per heavy atom. The van der Waals surface area contributed by atoms with Crippen LogP contribution < -0.4 is 0 Å². The van der Waals surface area contributed by atoms with Crippen molar-refractivity contribution in [3.05, 3.63) is 42.7 Å². The van der Waals surface area contributed by atoms with Gasteiger partial charge in [-0.25, -0.2) is 4.98 Å². The Morgan fingerprint density at radius 2 is 2.00 bits per heavy atom. The van der Waals surface area contributed by atoms with Crippen molar-refractivity contribution in [1.82, 2.24) is 9.55 Å². The van der Waals surface area contributed by atoms with Gasteiger partial charge in [-0.1, -0.05) is 30.3 Å². The summed E-state index contributed by atoms with van der Waals surface area (Å²) in [6.07, 6.45) is 3.77. The largest absolute Gasteiger partial charge is 0.378 e. The van der Waals surface area contributed by atoms with Gasteiger partial charge >= 0.3 is 0 Å². The van der Waals surface area contributed by atoms with Crippen molar-refractivity contribution in [2.75, 3.05) is 19.1 Å². The Labute approximate surface area is 106 Å². The Kier molecular flexibility index (Phi) is 4.59. The molecule has 3 nitrogen and oxygen atoms in total. The van der Waals surface area contributed by atoms with Crippen LogP contribution in [0.1, 0.15) is 0 Å². The zero-order chi connectivity index (χ0) is 11.9. The van der Waals surface area contributed by atoms with Crippen molar-refractivity contribution in [3.8, 4) is 11.4 Å². The van der Waals surface area contributed by atoms with Gasteiger partial charge in [-0.3, -0.25) is 0 Å². The number of aromatic nitrogens is 2. The molecule has 0 aliphatic rings. The topological polar surface area (TPSA) is 27.1 Å². The van der Waals surface area contributed by atoms with E-state index < -0.39 is 0 Å². The van der Waals surface area contributed by atoms with Crippen molar-refractivity contribution in [2.24, 2.45) is 0 Å². The smallest absolute Gasteiger partial charge is 0.139 e. The average Bonchev–Trinajstić information content (AvgIpc) is 2.84. The van der Waals surface area contributed by atoms with Crippen LogP contribution in [0.4, 0.5) is 0 Å². The van der Waals surface area contributed by atoms with Crippen LogP contribution in [-0.4, -0.2) is 28.6 Å². The van der Waals surface area contributed by atoms with Crippen LogP contribution in [0.3, 0.4) is 0 Å². The van der Waals surface area contributed by atoms with E-state index in [1.54, 1.807) is 0 Å². The highest BCUT2D eigenvalue weighted by Crippen LogP contribution is 2.16. The molecule has 0 fully saturated rings. The van der Waals surface area contributed by atoms with Crippen molar-refractivity contribution in [2.45, 2.75) is 6.54 Å². The van der Waals surface area contributed by atoms with Gasteiger partial charge in [-0.15, -0.1) is 11.6 Å². The Bertz CT molecular complexity index is 442. The molecular formula is C13H15ClN2O. The van der Waals surface area contributed by atoms with E-state index in [4.69, 9.17) is 16.3 Å². The summed E-state index contributed by atoms with van der Waals surface area (Å²) in [5.41, 5.74) is 1.12. The zero-order valence-electron chi connectivity index (χ0n) is 9.55. The summed E-state index contributed by atoms with van der Waals surface area (Å²) in [6, 6.07) is 10.1. The van der Waals surface area contributed by atoms with Gasteiger partial charge in [0.05, 0.1) is 13.2 Å². The van der Waals surface area contributed by atoms with Crippen LogP contribution >= 0.6 is 11.6 Å². The molecule has 0 radical (unpaired) electrons. The molecule has 1 heterocycles. The van der Waals surface area contributed by atoms with Crippen LogP contribution in [0.15, 0.2) is 42.7 Å². The maximum Gasteiger partial charge on any atom is 0.139 e. The van der Waals surface area contributed by atoms with Gasteiger partial charge in [0, 0.05) is 30.4 Å². The summed E-state index contributed by atoms with van der Waals surface area (Å²) < 4.78 is 7.45. The lowest BCUT2D eigenvalue weighted by molar-refractivity contribution is 0.141. The van der Waals surface area contributed by atoms with Gasteiger partial charge < -0.3 is 9.30 Å². The molecule has 0 spiro atoms. The SMILES string of the molecule is ClCCOCCn1ccnc1-c1ccccc1. The first-order valence-corrected chi connectivity index (χ1v) is 6.15. The van der Waals surface area contributed by atoms with Gasteiger partial charge in [0.25, 0.3) is 0 Å². The van der Waals surface area contributed by atoms with Crippen LogP contribution in [0.5, 0.6) is 0 Å². The molecule has 2 rings (SSSR count). The number of nitrogens with zero attached hydrogens (tertiary/aromatic N) is 2. The second-order valence-electron chi connectivity index (χ2n) is 3.61. The van der Waals surface area contributed by atoms with Crippen molar-refractivity contribution in [1.29, 1.82) is 0 Å². The van der Waals surface area contributed by atoms with Crippen molar-refractivity contribution < 1.29 is 4.74 Å². The van der Waals surface area contributed by atoms with Crippen molar-refractivity contribution in [3.63, 3.8) is 0 Å². The van der Waals surface area contributed by atoms with E-state index in [9.17, 15) is 0 Å². The molecule has 90 valence electrons. The number of ether oxygens (including phenoxy) is 1. The lowest BCUT2D eigenvalue weighted by atomic mass is 10.2. The highest BCUT2D eigenvalue weighted by Gasteiger charge is 2.04. The van der Waals surface area contributed by atoms with E-state index in [0.29, 0.717) is 19.1 Å². The number of alkyl halides is 1. The predicted octanol–water partition coefficient (Wildman–Crippen LogP) is 2.81. The third-order valence-corrected chi connectivity index (χ3v) is 2.60. The molecule has 2 aromatic rings. The first-order valence-electron chi connectivity index (χ1n) is 5.62. The Balaban J connectivity index is 2.02. The summed E-state index contributed by atoms with van der Waals surface area (Å²) in [5.74, 6) is 1.51. The van der Waals surface area contributed by atoms with E-state index in [1.807, 2.05) is 30.6 Å². The van der Waals surface area contributed by atoms with Crippen molar-refractivity contribution >= 4 is 11.6 Å². The third-order valence-electron chi connectivity index (χ3n) is 2.45. The minimum atomic E-state index is 0.537. The van der Waals surface area contributed by atoms with Crippen LogP contribution in [-0.2, 0) is 11.3 Å². The fourth-order valence-electron chi connectivity index (χ4n) is 1.66. The maximum atomic E-state index is 5.55. The summed E-state index contributed by atoms with van der Waals surface area (Å²) in [5, 5.41) is 0. The van der Waals surface area contributed by atoms with Gasteiger partial charge in [0.15, 0.2) is 0 Å². The van der Waals surface area contributed by atoms with Gasteiger partial charge in [0.1, 0.15) is 5.82 Å². The first kappa shape index (κ1) is 12.1. The molecular weight excluding hydrogens is 236 g/mol. The first-order chi connectivity index (χ1) is 8.42. The summed E-state index contributed by atoms with van der Waals surface area (Å²) in [4.78, 5) is 4.37. The molecule has 0 amide bonds. The molecule has 0 saturated carbocycles. The zero-order valence-corrected chi connectivity index (χ0v) is 10.3. The Hall–Kier alpha value is -1.32. The van der Waals surface area contributed by atoms with E-state index in [1.165, 1.54) is 0 Å². The normalized spacial score (nSPS) is 10.6. The lowest BCUT2D eigenvalue weighted by Crippen LogP contribution is -2.07. The molecule has 0 aliphatic carbocycles. The van der Waals surface area contributed by atoms with E-state index in [0.717, 1.165) is 17.9 Å². The summed E-state index contributed by atoms with van der Waals surface area (Å²) >= 11 is 5.55. The molecule has 0 N–H and O–H groups in total. The van der Waals surface area contributed by atoms with Crippen LogP contribution in [0.2, 0.25) is 0 Å². The van der Waals surface area contributed by atoms with Crippen LogP contribution in [0.25, 0.3) is 11.4 Å². The Morgan fingerprint density at radius 1 is 1.18 bits per heavy atom. The number of imidazole rings is 1. The highest BCUT2D eigenvalue weighted by atomic mass is 35.5. The molecule has 0 bridgehead atoms. The molecule has 1 aromatic heterocycles. The van der Waals surface area contributed by atoms with E-state index in [-0.39, 0.29) is 0 Å². The molecule has 17 heavy (non-hydrogen) atoms. The second kappa shape index (κ2) is 6.42. The number of hydrogen-bond donors (Lipinski definition) is 0. The minimum Gasteiger partial charge on any atom is -0.378 e. The maximum absolute atomic E-state index is 5.55. The van der Waals surface area contributed by atoms with Gasteiger partial charge in [-0.05, 0) is 0 Å². The quantitative estimate of drug-likeness (QED) is 0.582. The molecule has 0 saturated heterocycles. The van der Waals surface area contributed by atoms with Gasteiger partial charge in [0.2, 0.25) is 0 Å².